The first-order valence-corrected chi connectivity index (χ1v) is 6.70. The highest BCUT2D eigenvalue weighted by atomic mass is 15.2. The Morgan fingerprint density at radius 2 is 1.60 bits per heavy atom. The highest BCUT2D eigenvalue weighted by molar-refractivity contribution is 4.85. The Bertz CT molecular complexity index is 170. The number of hydrogen-bond acceptors (Lipinski definition) is 2. The summed E-state index contributed by atoms with van der Waals surface area (Å²) in [6.07, 6.45) is 2.86. The Morgan fingerprint density at radius 1 is 1.00 bits per heavy atom. The molecular formula is C13H28N2. The van der Waals surface area contributed by atoms with Crippen LogP contribution in [0, 0.1) is 11.8 Å². The van der Waals surface area contributed by atoms with Crippen molar-refractivity contribution in [3.05, 3.63) is 0 Å². The third-order valence-electron chi connectivity index (χ3n) is 3.85. The molecule has 2 rings (SSSR count). The van der Waals surface area contributed by atoms with Crippen molar-refractivity contribution in [1.29, 1.82) is 0 Å². The van der Waals surface area contributed by atoms with Gasteiger partial charge in [-0.3, -0.25) is 0 Å². The quantitative estimate of drug-likeness (QED) is 0.658. The van der Waals surface area contributed by atoms with Gasteiger partial charge in [0, 0.05) is 13.1 Å². The first-order valence-electron chi connectivity index (χ1n) is 6.70. The van der Waals surface area contributed by atoms with E-state index in [2.05, 4.69) is 23.8 Å². The van der Waals surface area contributed by atoms with Crippen LogP contribution in [-0.4, -0.2) is 49.6 Å². The van der Waals surface area contributed by atoms with Crippen molar-refractivity contribution in [1.82, 2.24) is 9.80 Å². The average molecular weight is 212 g/mol. The highest BCUT2D eigenvalue weighted by Gasteiger charge is 2.32. The second-order valence-electron chi connectivity index (χ2n) is 4.75. The van der Waals surface area contributed by atoms with Gasteiger partial charge in [0.25, 0.3) is 0 Å². The summed E-state index contributed by atoms with van der Waals surface area (Å²) in [7, 11) is 2.27. The zero-order chi connectivity index (χ0) is 11.3. The zero-order valence-corrected chi connectivity index (χ0v) is 11.0. The van der Waals surface area contributed by atoms with Crippen LogP contribution in [-0.2, 0) is 0 Å². The summed E-state index contributed by atoms with van der Waals surface area (Å²) in [4.78, 5) is 5.12. The summed E-state index contributed by atoms with van der Waals surface area (Å²) < 4.78 is 0. The van der Waals surface area contributed by atoms with Crippen molar-refractivity contribution in [2.24, 2.45) is 11.8 Å². The normalized spacial score (nSPS) is 32.8. The van der Waals surface area contributed by atoms with Crippen LogP contribution >= 0.6 is 0 Å². The molecule has 2 heteroatoms. The molecule has 0 amide bonds. The van der Waals surface area contributed by atoms with E-state index in [-0.39, 0.29) is 0 Å². The van der Waals surface area contributed by atoms with Crippen LogP contribution in [0.4, 0.5) is 0 Å². The Hall–Kier alpha value is -0.0800. The fourth-order valence-corrected chi connectivity index (χ4v) is 2.89. The van der Waals surface area contributed by atoms with Crippen LogP contribution in [0.2, 0.25) is 0 Å². The van der Waals surface area contributed by atoms with Crippen LogP contribution in [0.5, 0.6) is 0 Å². The first-order chi connectivity index (χ1) is 7.29. The van der Waals surface area contributed by atoms with Crippen LogP contribution < -0.4 is 0 Å². The maximum atomic E-state index is 2.62. The topological polar surface area (TPSA) is 6.48 Å². The van der Waals surface area contributed by atoms with E-state index in [0.717, 1.165) is 11.8 Å². The predicted molar refractivity (Wildman–Crippen MR) is 67.2 cm³/mol. The molecule has 2 saturated heterocycles. The molecule has 90 valence electrons. The van der Waals surface area contributed by atoms with Gasteiger partial charge in [-0.15, -0.1) is 0 Å². The van der Waals surface area contributed by atoms with E-state index in [4.69, 9.17) is 0 Å². The van der Waals surface area contributed by atoms with E-state index in [0.29, 0.717) is 0 Å². The lowest BCUT2D eigenvalue weighted by molar-refractivity contribution is 0.0557. The number of fused-ring (bicyclic) bond motifs is 1. The molecular weight excluding hydrogens is 184 g/mol. The van der Waals surface area contributed by atoms with Gasteiger partial charge in [0.15, 0.2) is 0 Å². The van der Waals surface area contributed by atoms with E-state index in [1.54, 1.807) is 0 Å². The predicted octanol–water partition coefficient (Wildman–Crippen LogP) is 2.31. The minimum Gasteiger partial charge on any atom is -0.306 e. The smallest absolute Gasteiger partial charge is 0.00132 e. The molecule has 0 aromatic carbocycles. The monoisotopic (exact) mass is 212 g/mol. The largest absolute Gasteiger partial charge is 0.306 e. The highest BCUT2D eigenvalue weighted by Crippen LogP contribution is 2.30. The lowest BCUT2D eigenvalue weighted by atomic mass is 9.80. The molecule has 2 fully saturated rings. The van der Waals surface area contributed by atoms with Crippen LogP contribution in [0.25, 0.3) is 0 Å². The molecule has 2 heterocycles. The second kappa shape index (κ2) is 6.49. The maximum Gasteiger partial charge on any atom is 0.00132 e. The molecule has 0 aliphatic carbocycles. The summed E-state index contributed by atoms with van der Waals surface area (Å²) in [5, 5.41) is 0. The molecule has 0 spiro atoms. The summed E-state index contributed by atoms with van der Waals surface area (Å²) >= 11 is 0. The van der Waals surface area contributed by atoms with E-state index in [1.807, 2.05) is 13.8 Å². The molecule has 0 aromatic rings. The molecule has 0 bridgehead atoms. The number of rotatable bonds is 1. The van der Waals surface area contributed by atoms with Crippen molar-refractivity contribution >= 4 is 0 Å². The molecule has 2 unspecified atom stereocenters. The van der Waals surface area contributed by atoms with E-state index < -0.39 is 0 Å². The van der Waals surface area contributed by atoms with E-state index in [1.165, 1.54) is 45.6 Å². The molecule has 2 nitrogen and oxygen atoms in total. The number of nitrogens with zero attached hydrogens (tertiary/aromatic N) is 2. The number of hydrogen-bond donors (Lipinski definition) is 0. The molecule has 2 atom stereocenters. The minimum absolute atomic E-state index is 1.00. The summed E-state index contributed by atoms with van der Waals surface area (Å²) in [5.74, 6) is 2.01. The second-order valence-corrected chi connectivity index (χ2v) is 4.75. The lowest BCUT2D eigenvalue weighted by Crippen LogP contribution is -2.48. The van der Waals surface area contributed by atoms with Gasteiger partial charge < -0.3 is 9.80 Å². The Kier molecular flexibility index (Phi) is 5.62. The fourth-order valence-electron chi connectivity index (χ4n) is 2.89. The van der Waals surface area contributed by atoms with Crippen LogP contribution in [0.15, 0.2) is 0 Å². The first kappa shape index (κ1) is 13.0. The lowest BCUT2D eigenvalue weighted by Gasteiger charge is -2.43. The SMILES string of the molecule is CC.CCN1CCC2CN(C)CCC2C1. The van der Waals surface area contributed by atoms with Crippen molar-refractivity contribution < 1.29 is 0 Å². The van der Waals surface area contributed by atoms with Crippen molar-refractivity contribution in [2.45, 2.75) is 33.6 Å². The number of likely N-dealkylation sites (tertiary alicyclic amines) is 2. The van der Waals surface area contributed by atoms with E-state index >= 15 is 0 Å². The molecule has 0 radical (unpaired) electrons. The zero-order valence-electron chi connectivity index (χ0n) is 11.0. The third-order valence-corrected chi connectivity index (χ3v) is 3.85. The minimum atomic E-state index is 1.00. The summed E-state index contributed by atoms with van der Waals surface area (Å²) in [5.41, 5.74) is 0. The van der Waals surface area contributed by atoms with Gasteiger partial charge in [-0.1, -0.05) is 20.8 Å². The third kappa shape index (κ3) is 3.46. The Morgan fingerprint density at radius 3 is 2.27 bits per heavy atom. The summed E-state index contributed by atoms with van der Waals surface area (Å²) in [6, 6.07) is 0. The maximum absolute atomic E-state index is 2.62. The van der Waals surface area contributed by atoms with Crippen LogP contribution in [0.3, 0.4) is 0 Å². The van der Waals surface area contributed by atoms with Gasteiger partial charge in [0.2, 0.25) is 0 Å². The molecule has 15 heavy (non-hydrogen) atoms. The Balaban J connectivity index is 0.000000531. The van der Waals surface area contributed by atoms with Crippen molar-refractivity contribution in [3.63, 3.8) is 0 Å². The summed E-state index contributed by atoms with van der Waals surface area (Å²) in [6.45, 7) is 12.9. The molecule has 0 aromatic heterocycles. The van der Waals surface area contributed by atoms with Crippen LogP contribution in [0.1, 0.15) is 33.6 Å². The standard InChI is InChI=1S/C11H22N2.C2H6/c1-3-13-7-5-10-8-12(2)6-4-11(10)9-13;1-2/h10-11H,3-9H2,1-2H3;1-2H3. The van der Waals surface area contributed by atoms with Gasteiger partial charge in [0.1, 0.15) is 0 Å². The molecule has 2 aliphatic heterocycles. The fraction of sp³-hybridized carbons (Fsp3) is 1.00. The van der Waals surface area contributed by atoms with Gasteiger partial charge in [-0.05, 0) is 51.4 Å². The van der Waals surface area contributed by atoms with Gasteiger partial charge in [-0.2, -0.15) is 0 Å². The van der Waals surface area contributed by atoms with E-state index in [9.17, 15) is 0 Å². The number of piperidine rings is 2. The van der Waals surface area contributed by atoms with Crippen molar-refractivity contribution in [2.75, 3.05) is 39.8 Å². The van der Waals surface area contributed by atoms with Gasteiger partial charge in [-0.25, -0.2) is 0 Å². The molecule has 0 saturated carbocycles. The van der Waals surface area contributed by atoms with Gasteiger partial charge in [0.05, 0.1) is 0 Å². The average Bonchev–Trinajstić information content (AvgIpc) is 2.31. The van der Waals surface area contributed by atoms with Gasteiger partial charge >= 0.3 is 0 Å². The Labute approximate surface area is 95.6 Å². The van der Waals surface area contributed by atoms with Crippen molar-refractivity contribution in [3.8, 4) is 0 Å². The molecule has 2 aliphatic rings. The molecule has 0 N–H and O–H groups in total.